The number of carbonyl (C=O) groups is 1. The Kier molecular flexibility index (Phi) is 1.02. The third-order valence-electron chi connectivity index (χ3n) is 2.08. The number of amides is 1. The van der Waals surface area contributed by atoms with E-state index in [1.807, 2.05) is 12.1 Å². The van der Waals surface area contributed by atoms with Crippen molar-refractivity contribution in [1.82, 2.24) is 0 Å². The molecular weight excluding hydrogens is 166 g/mol. The Hall–Kier alpha value is -1.97. The number of hydrogen-bond acceptors (Lipinski definition) is 3. The van der Waals surface area contributed by atoms with Gasteiger partial charge in [0.05, 0.1) is 16.7 Å². The lowest BCUT2D eigenvalue weighted by molar-refractivity contribution is -0.110. The molecule has 0 saturated heterocycles. The van der Waals surface area contributed by atoms with Gasteiger partial charge in [0.15, 0.2) is 0 Å². The highest BCUT2D eigenvalue weighted by molar-refractivity contribution is 6.16. The standard InChI is InChI=1S/C9H5N3O/c13-9-2-5-1-7-8(11-4-10-7)3-6(5)12-9/h1-4H,(H,12,13). The molecule has 1 aromatic rings. The SMILES string of the molecule is O=C1C=c2cc3c(cc2N1)=NC=N3. The third kappa shape index (κ3) is 0.823. The summed E-state index contributed by atoms with van der Waals surface area (Å²) in [4.78, 5) is 19.1. The average molecular weight is 171 g/mol. The zero-order valence-corrected chi connectivity index (χ0v) is 6.61. The van der Waals surface area contributed by atoms with E-state index in [-0.39, 0.29) is 5.91 Å². The molecule has 2 aliphatic heterocycles. The maximum atomic E-state index is 11.0. The molecule has 0 radical (unpaired) electrons. The van der Waals surface area contributed by atoms with Crippen molar-refractivity contribution in [2.24, 2.45) is 9.98 Å². The first-order chi connectivity index (χ1) is 6.33. The van der Waals surface area contributed by atoms with Crippen molar-refractivity contribution < 1.29 is 4.79 Å². The molecule has 0 aliphatic carbocycles. The number of nitrogens with one attached hydrogen (secondary N) is 1. The zero-order valence-electron chi connectivity index (χ0n) is 6.61. The first-order valence-corrected chi connectivity index (χ1v) is 3.90. The van der Waals surface area contributed by atoms with E-state index < -0.39 is 0 Å². The Labute approximate surface area is 73.3 Å². The van der Waals surface area contributed by atoms with Crippen molar-refractivity contribution in [2.75, 3.05) is 5.32 Å². The highest BCUT2D eigenvalue weighted by Gasteiger charge is 2.11. The fraction of sp³-hybridized carbons (Fsp3) is 0. The minimum atomic E-state index is -0.0809. The van der Waals surface area contributed by atoms with Gasteiger partial charge in [-0.1, -0.05) is 0 Å². The highest BCUT2D eigenvalue weighted by atomic mass is 16.1. The number of rotatable bonds is 0. The molecule has 2 aliphatic rings. The lowest BCUT2D eigenvalue weighted by atomic mass is 10.2. The van der Waals surface area contributed by atoms with Gasteiger partial charge in [-0.05, 0) is 12.1 Å². The van der Waals surface area contributed by atoms with Crippen LogP contribution in [0.5, 0.6) is 0 Å². The van der Waals surface area contributed by atoms with Crippen LogP contribution in [0.2, 0.25) is 0 Å². The van der Waals surface area contributed by atoms with Gasteiger partial charge in [-0.3, -0.25) is 4.79 Å². The number of benzene rings is 1. The van der Waals surface area contributed by atoms with Crippen molar-refractivity contribution in [3.8, 4) is 0 Å². The Morgan fingerprint density at radius 1 is 1.31 bits per heavy atom. The number of hydrogen-bond donors (Lipinski definition) is 1. The Morgan fingerprint density at radius 3 is 3.15 bits per heavy atom. The molecule has 0 atom stereocenters. The van der Waals surface area contributed by atoms with Crippen LogP contribution in [0.15, 0.2) is 22.1 Å². The molecule has 2 heterocycles. The molecular formula is C9H5N3O. The maximum Gasteiger partial charge on any atom is 0.249 e. The quantitative estimate of drug-likeness (QED) is 0.573. The number of aliphatic imine (C=N–C) groups is 1. The van der Waals surface area contributed by atoms with Gasteiger partial charge < -0.3 is 5.32 Å². The van der Waals surface area contributed by atoms with Crippen LogP contribution in [0.25, 0.3) is 6.08 Å². The Balaban J connectivity index is 2.41. The molecule has 0 unspecified atom stereocenters. The summed E-state index contributed by atoms with van der Waals surface area (Å²) >= 11 is 0. The molecule has 0 aromatic heterocycles. The van der Waals surface area contributed by atoms with Gasteiger partial charge in [0.2, 0.25) is 5.91 Å². The molecule has 1 amide bonds. The van der Waals surface area contributed by atoms with E-state index in [0.717, 1.165) is 22.0 Å². The summed E-state index contributed by atoms with van der Waals surface area (Å²) in [5, 5.41) is 4.42. The second-order valence-corrected chi connectivity index (χ2v) is 2.94. The maximum absolute atomic E-state index is 11.0. The molecule has 3 rings (SSSR count). The molecule has 0 bridgehead atoms. The Bertz CT molecular complexity index is 557. The molecule has 13 heavy (non-hydrogen) atoms. The molecule has 0 saturated carbocycles. The molecule has 1 aromatic carbocycles. The molecule has 4 nitrogen and oxygen atoms in total. The van der Waals surface area contributed by atoms with Crippen LogP contribution in [0.1, 0.15) is 0 Å². The minimum absolute atomic E-state index is 0.0809. The largest absolute Gasteiger partial charge is 0.322 e. The summed E-state index contributed by atoms with van der Waals surface area (Å²) in [5.74, 6) is -0.0809. The normalized spacial score (nSPS) is 15.8. The lowest BCUT2D eigenvalue weighted by Crippen LogP contribution is -2.09. The van der Waals surface area contributed by atoms with Gasteiger partial charge in [-0.15, -0.1) is 0 Å². The zero-order chi connectivity index (χ0) is 8.84. The average Bonchev–Trinajstić information content (AvgIpc) is 2.63. The van der Waals surface area contributed by atoms with Crippen molar-refractivity contribution >= 4 is 29.7 Å². The van der Waals surface area contributed by atoms with Crippen molar-refractivity contribution in [3.63, 3.8) is 0 Å². The number of carbonyl (C=O) groups excluding carboxylic acids is 1. The van der Waals surface area contributed by atoms with Crippen molar-refractivity contribution in [2.45, 2.75) is 0 Å². The lowest BCUT2D eigenvalue weighted by Gasteiger charge is -1.95. The molecule has 4 heteroatoms. The fourth-order valence-corrected chi connectivity index (χ4v) is 1.49. The summed E-state index contributed by atoms with van der Waals surface area (Å²) in [6, 6.07) is 3.69. The van der Waals surface area contributed by atoms with E-state index in [4.69, 9.17) is 0 Å². The number of nitrogens with zero attached hydrogens (tertiary/aromatic N) is 2. The molecule has 62 valence electrons. The van der Waals surface area contributed by atoms with E-state index in [1.54, 1.807) is 6.08 Å². The summed E-state index contributed by atoms with van der Waals surface area (Å²) in [6.45, 7) is 0. The second-order valence-electron chi connectivity index (χ2n) is 2.94. The number of anilines is 1. The Morgan fingerprint density at radius 2 is 2.23 bits per heavy atom. The molecule has 1 N–H and O–H groups in total. The van der Waals surface area contributed by atoms with Gasteiger partial charge in [0.25, 0.3) is 0 Å². The summed E-state index contributed by atoms with van der Waals surface area (Å²) in [7, 11) is 0. The predicted molar refractivity (Wildman–Crippen MR) is 48.5 cm³/mol. The first kappa shape index (κ1) is 6.54. The predicted octanol–water partition coefficient (Wildman–Crippen LogP) is -0.288. The van der Waals surface area contributed by atoms with Crippen LogP contribution in [0.4, 0.5) is 11.4 Å². The van der Waals surface area contributed by atoms with E-state index in [1.165, 1.54) is 6.34 Å². The number of fused-ring (bicyclic) bond motifs is 2. The van der Waals surface area contributed by atoms with Gasteiger partial charge >= 0.3 is 0 Å². The monoisotopic (exact) mass is 171 g/mol. The van der Waals surface area contributed by atoms with Gasteiger partial charge in [-0.2, -0.15) is 0 Å². The highest BCUT2D eigenvalue weighted by Crippen LogP contribution is 2.10. The molecule has 0 fully saturated rings. The van der Waals surface area contributed by atoms with E-state index in [0.29, 0.717) is 0 Å². The minimum Gasteiger partial charge on any atom is -0.322 e. The summed E-state index contributed by atoms with van der Waals surface area (Å²) in [5.41, 5.74) is 1.64. The van der Waals surface area contributed by atoms with Crippen LogP contribution in [0, 0.1) is 0 Å². The third-order valence-corrected chi connectivity index (χ3v) is 2.08. The summed E-state index contributed by atoms with van der Waals surface area (Å²) in [6.07, 6.45) is 3.07. The van der Waals surface area contributed by atoms with Gasteiger partial charge in [0.1, 0.15) is 6.34 Å². The van der Waals surface area contributed by atoms with Crippen LogP contribution >= 0.6 is 0 Å². The van der Waals surface area contributed by atoms with E-state index in [2.05, 4.69) is 15.3 Å². The van der Waals surface area contributed by atoms with Crippen molar-refractivity contribution in [3.05, 3.63) is 22.7 Å². The van der Waals surface area contributed by atoms with E-state index in [9.17, 15) is 4.79 Å². The fourth-order valence-electron chi connectivity index (χ4n) is 1.49. The first-order valence-electron chi connectivity index (χ1n) is 3.90. The van der Waals surface area contributed by atoms with Crippen LogP contribution in [-0.2, 0) is 4.79 Å². The van der Waals surface area contributed by atoms with Crippen LogP contribution < -0.4 is 15.9 Å². The van der Waals surface area contributed by atoms with Gasteiger partial charge in [0, 0.05) is 11.3 Å². The van der Waals surface area contributed by atoms with Crippen LogP contribution in [0.3, 0.4) is 0 Å². The summed E-state index contributed by atoms with van der Waals surface area (Å²) < 4.78 is 0. The van der Waals surface area contributed by atoms with Gasteiger partial charge in [-0.25, -0.2) is 9.98 Å². The van der Waals surface area contributed by atoms with E-state index >= 15 is 0 Å². The molecule has 0 spiro atoms. The van der Waals surface area contributed by atoms with Crippen LogP contribution in [-0.4, -0.2) is 12.2 Å². The smallest absolute Gasteiger partial charge is 0.249 e. The topological polar surface area (TPSA) is 53.8 Å². The van der Waals surface area contributed by atoms with Crippen molar-refractivity contribution in [1.29, 1.82) is 0 Å². The second kappa shape index (κ2) is 2.04.